The third-order valence-corrected chi connectivity index (χ3v) is 2.37. The van der Waals surface area contributed by atoms with E-state index in [9.17, 15) is 4.79 Å². The van der Waals surface area contributed by atoms with Gasteiger partial charge in [0, 0.05) is 6.54 Å². The van der Waals surface area contributed by atoms with Gasteiger partial charge in [0.05, 0.1) is 6.10 Å². The number of hydrogen-bond acceptors (Lipinski definition) is 7. The Morgan fingerprint density at radius 1 is 1.55 bits per heavy atom. The smallest absolute Gasteiger partial charge is 0.288 e. The van der Waals surface area contributed by atoms with Crippen LogP contribution in [0.1, 0.15) is 43.5 Å². The van der Waals surface area contributed by atoms with Gasteiger partial charge in [0.15, 0.2) is 12.0 Å². The number of rotatable bonds is 3. The van der Waals surface area contributed by atoms with Gasteiger partial charge in [0.1, 0.15) is 6.33 Å². The van der Waals surface area contributed by atoms with Crippen LogP contribution in [0.5, 0.6) is 0 Å². The number of carbonyl (C=O) groups is 1. The first-order valence-corrected chi connectivity index (χ1v) is 6.22. The molecule has 1 amide bonds. The molecule has 2 heterocycles. The lowest BCUT2D eigenvalue weighted by Gasteiger charge is -2.11. The molecule has 114 valence electrons. The molecule has 2 atom stereocenters. The number of hydrogen-bond donors (Lipinski definition) is 4. The summed E-state index contributed by atoms with van der Waals surface area (Å²) in [5.41, 5.74) is 10.5. The molecule has 2 unspecified atom stereocenters. The topological polar surface area (TPSA) is 150 Å². The number of carbonyl (C=O) groups excluding carboxylic acids is 1. The minimum atomic E-state index is -1.50. The number of ether oxygens (including phenoxy) is 1. The molecule has 20 heavy (non-hydrogen) atoms. The highest BCUT2D eigenvalue weighted by molar-refractivity contribution is 5.88. The number of aliphatic hydroxyl groups is 2. The van der Waals surface area contributed by atoms with Gasteiger partial charge in [-0.3, -0.25) is 4.79 Å². The van der Waals surface area contributed by atoms with E-state index >= 15 is 0 Å². The molecule has 0 radical (unpaired) electrons. The van der Waals surface area contributed by atoms with Gasteiger partial charge in [0.2, 0.25) is 5.82 Å². The van der Waals surface area contributed by atoms with Crippen molar-refractivity contribution in [2.45, 2.75) is 44.8 Å². The number of nitrogens with zero attached hydrogens (tertiary/aromatic N) is 3. The largest absolute Gasteiger partial charge is 0.366 e. The SMILES string of the molecule is CC(C)(O)O.NCC1CCC(n2cnc(C(N)=O)n2)O1. The minimum absolute atomic E-state index is 0.00907. The van der Waals surface area contributed by atoms with E-state index in [1.165, 1.54) is 24.9 Å². The maximum Gasteiger partial charge on any atom is 0.288 e. The molecule has 0 saturated carbocycles. The van der Waals surface area contributed by atoms with Crippen LogP contribution in [0.4, 0.5) is 0 Å². The van der Waals surface area contributed by atoms with Crippen LogP contribution in [0.2, 0.25) is 0 Å². The molecule has 9 heteroatoms. The first-order valence-electron chi connectivity index (χ1n) is 6.22. The van der Waals surface area contributed by atoms with Crippen molar-refractivity contribution in [2.75, 3.05) is 6.54 Å². The summed E-state index contributed by atoms with van der Waals surface area (Å²) in [6.07, 6.45) is 3.05. The molecule has 0 aliphatic carbocycles. The lowest BCUT2D eigenvalue weighted by atomic mass is 10.2. The van der Waals surface area contributed by atoms with Crippen LogP contribution < -0.4 is 11.5 Å². The third-order valence-electron chi connectivity index (χ3n) is 2.37. The van der Waals surface area contributed by atoms with Crippen molar-refractivity contribution in [3.05, 3.63) is 12.2 Å². The highest BCUT2D eigenvalue weighted by atomic mass is 16.5. The Labute approximate surface area is 116 Å². The zero-order valence-corrected chi connectivity index (χ0v) is 11.6. The zero-order valence-electron chi connectivity index (χ0n) is 11.6. The normalized spacial score (nSPS) is 22.2. The zero-order chi connectivity index (χ0) is 15.3. The van der Waals surface area contributed by atoms with Gasteiger partial charge in [-0.15, -0.1) is 5.10 Å². The quantitative estimate of drug-likeness (QED) is 0.506. The van der Waals surface area contributed by atoms with Crippen molar-refractivity contribution in [3.8, 4) is 0 Å². The standard InChI is InChI=1S/C8H13N5O2.C3H8O2/c9-3-5-1-2-6(15-5)13-4-11-8(12-13)7(10)14;1-3(2,4)5/h4-6H,1-3,9H2,(H2,10,14);4-5H,1-2H3. The Hall–Kier alpha value is -1.55. The Morgan fingerprint density at radius 3 is 2.55 bits per heavy atom. The van der Waals surface area contributed by atoms with Gasteiger partial charge in [-0.25, -0.2) is 9.67 Å². The molecular formula is C11H21N5O4. The molecular weight excluding hydrogens is 266 g/mol. The van der Waals surface area contributed by atoms with Crippen molar-refractivity contribution < 1.29 is 19.7 Å². The highest BCUT2D eigenvalue weighted by Crippen LogP contribution is 2.26. The van der Waals surface area contributed by atoms with Crippen molar-refractivity contribution >= 4 is 5.91 Å². The summed E-state index contributed by atoms with van der Waals surface area (Å²) in [4.78, 5) is 14.5. The molecule has 1 saturated heterocycles. The van der Waals surface area contributed by atoms with E-state index in [0.29, 0.717) is 6.54 Å². The number of aromatic nitrogens is 3. The fourth-order valence-electron chi connectivity index (χ4n) is 1.58. The number of nitrogens with two attached hydrogens (primary N) is 2. The van der Waals surface area contributed by atoms with Gasteiger partial charge in [-0.1, -0.05) is 0 Å². The fourth-order valence-corrected chi connectivity index (χ4v) is 1.58. The van der Waals surface area contributed by atoms with E-state index in [2.05, 4.69) is 10.1 Å². The summed E-state index contributed by atoms with van der Waals surface area (Å²) in [7, 11) is 0. The first kappa shape index (κ1) is 16.5. The van der Waals surface area contributed by atoms with Crippen molar-refractivity contribution in [3.63, 3.8) is 0 Å². The molecule has 9 nitrogen and oxygen atoms in total. The Morgan fingerprint density at radius 2 is 2.15 bits per heavy atom. The van der Waals surface area contributed by atoms with Crippen molar-refractivity contribution in [2.24, 2.45) is 11.5 Å². The lowest BCUT2D eigenvalue weighted by Crippen LogP contribution is -2.20. The van der Waals surface area contributed by atoms with Crippen LogP contribution in [0, 0.1) is 0 Å². The molecule has 1 aliphatic rings. The van der Waals surface area contributed by atoms with Crippen molar-refractivity contribution in [1.29, 1.82) is 0 Å². The molecule has 1 aliphatic heterocycles. The van der Waals surface area contributed by atoms with E-state index in [4.69, 9.17) is 26.4 Å². The van der Waals surface area contributed by atoms with Crippen LogP contribution in [-0.4, -0.2) is 49.3 Å². The molecule has 2 rings (SSSR count). The van der Waals surface area contributed by atoms with E-state index in [-0.39, 0.29) is 18.2 Å². The van der Waals surface area contributed by atoms with Gasteiger partial charge in [-0.2, -0.15) is 0 Å². The predicted molar refractivity (Wildman–Crippen MR) is 69.3 cm³/mol. The van der Waals surface area contributed by atoms with Crippen LogP contribution in [-0.2, 0) is 4.74 Å². The van der Waals surface area contributed by atoms with E-state index < -0.39 is 11.7 Å². The monoisotopic (exact) mass is 287 g/mol. The Kier molecular flexibility index (Phi) is 5.57. The second-order valence-electron chi connectivity index (χ2n) is 4.93. The second-order valence-corrected chi connectivity index (χ2v) is 4.93. The predicted octanol–water partition coefficient (Wildman–Crippen LogP) is -1.28. The molecule has 0 aromatic carbocycles. The van der Waals surface area contributed by atoms with Gasteiger partial charge < -0.3 is 26.4 Å². The van der Waals surface area contributed by atoms with Gasteiger partial charge in [0.25, 0.3) is 5.91 Å². The Bertz CT molecular complexity index is 436. The van der Waals surface area contributed by atoms with E-state index in [1.807, 2.05) is 0 Å². The average molecular weight is 287 g/mol. The molecule has 1 fully saturated rings. The third kappa shape index (κ3) is 5.61. The first-order chi connectivity index (χ1) is 9.20. The lowest BCUT2D eigenvalue weighted by molar-refractivity contribution is -0.127. The molecule has 0 bridgehead atoms. The van der Waals surface area contributed by atoms with Crippen LogP contribution in [0.25, 0.3) is 0 Å². The second kappa shape index (κ2) is 6.75. The summed E-state index contributed by atoms with van der Waals surface area (Å²) in [5.74, 6) is -2.13. The minimum Gasteiger partial charge on any atom is -0.366 e. The van der Waals surface area contributed by atoms with Gasteiger partial charge in [-0.05, 0) is 26.7 Å². The maximum atomic E-state index is 10.8. The summed E-state index contributed by atoms with van der Waals surface area (Å²) < 4.78 is 7.08. The molecule has 0 spiro atoms. The van der Waals surface area contributed by atoms with E-state index in [0.717, 1.165) is 12.8 Å². The average Bonchev–Trinajstić information content (AvgIpc) is 2.95. The van der Waals surface area contributed by atoms with Crippen LogP contribution in [0.3, 0.4) is 0 Å². The maximum absolute atomic E-state index is 10.8. The van der Waals surface area contributed by atoms with Crippen molar-refractivity contribution in [1.82, 2.24) is 14.8 Å². The van der Waals surface area contributed by atoms with E-state index in [1.54, 1.807) is 0 Å². The highest BCUT2D eigenvalue weighted by Gasteiger charge is 2.26. The summed E-state index contributed by atoms with van der Waals surface area (Å²) in [6, 6.07) is 0. The van der Waals surface area contributed by atoms with Gasteiger partial charge >= 0.3 is 0 Å². The number of primary amides is 1. The Balaban J connectivity index is 0.000000347. The van der Waals surface area contributed by atoms with Crippen LogP contribution in [0.15, 0.2) is 6.33 Å². The molecule has 1 aromatic rings. The summed E-state index contributed by atoms with van der Waals surface area (Å²) in [5, 5.41) is 20.1. The molecule has 6 N–H and O–H groups in total. The summed E-state index contributed by atoms with van der Waals surface area (Å²) >= 11 is 0. The number of amides is 1. The van der Waals surface area contributed by atoms with Crippen LogP contribution >= 0.6 is 0 Å². The summed E-state index contributed by atoms with van der Waals surface area (Å²) in [6.45, 7) is 3.09. The molecule has 1 aromatic heterocycles. The fraction of sp³-hybridized carbons (Fsp3) is 0.727.